The first-order valence-electron chi connectivity index (χ1n) is 8.41. The molecule has 6 heteroatoms. The first-order chi connectivity index (χ1) is 12.2. The number of fused-ring (bicyclic) bond motifs is 1. The van der Waals surface area contributed by atoms with Gasteiger partial charge in [0.05, 0.1) is 17.8 Å². The summed E-state index contributed by atoms with van der Waals surface area (Å²) in [5.41, 5.74) is 3.61. The molecule has 1 atom stereocenters. The van der Waals surface area contributed by atoms with E-state index in [0.29, 0.717) is 5.56 Å². The maximum atomic E-state index is 12.4. The molecule has 0 aliphatic heterocycles. The van der Waals surface area contributed by atoms with Gasteiger partial charge >= 0.3 is 0 Å². The van der Waals surface area contributed by atoms with Crippen LogP contribution in [0.15, 0.2) is 48.9 Å². The van der Waals surface area contributed by atoms with Gasteiger partial charge in [-0.05, 0) is 19.3 Å². The molecule has 0 unspecified atom stereocenters. The number of nitrogens with one attached hydrogen (secondary N) is 1. The minimum atomic E-state index is -0.113. The number of aromatic nitrogens is 4. The Labute approximate surface area is 145 Å². The van der Waals surface area contributed by atoms with Crippen molar-refractivity contribution in [1.82, 2.24) is 25.1 Å². The molecule has 6 nitrogen and oxygen atoms in total. The van der Waals surface area contributed by atoms with E-state index < -0.39 is 0 Å². The Morgan fingerprint density at radius 3 is 2.84 bits per heavy atom. The molecule has 1 amide bonds. The zero-order valence-corrected chi connectivity index (χ0v) is 14.0. The van der Waals surface area contributed by atoms with Gasteiger partial charge in [0.1, 0.15) is 0 Å². The van der Waals surface area contributed by atoms with Gasteiger partial charge in [-0.15, -0.1) is 0 Å². The molecular formula is C19H19N5O. The summed E-state index contributed by atoms with van der Waals surface area (Å²) in [5.74, 6) is 0.622. The summed E-state index contributed by atoms with van der Waals surface area (Å²) in [4.78, 5) is 21.7. The second kappa shape index (κ2) is 6.47. The van der Waals surface area contributed by atoms with Gasteiger partial charge in [-0.2, -0.15) is 5.10 Å². The molecule has 1 N–H and O–H groups in total. The van der Waals surface area contributed by atoms with Crippen molar-refractivity contribution in [3.8, 4) is 11.4 Å². The highest BCUT2D eigenvalue weighted by atomic mass is 16.1. The van der Waals surface area contributed by atoms with Gasteiger partial charge in [0.25, 0.3) is 5.91 Å². The van der Waals surface area contributed by atoms with Gasteiger partial charge < -0.3 is 5.32 Å². The molecule has 0 radical (unpaired) electrons. The number of amides is 1. The molecule has 0 fully saturated rings. The van der Waals surface area contributed by atoms with Crippen molar-refractivity contribution in [3.63, 3.8) is 0 Å². The van der Waals surface area contributed by atoms with Crippen LogP contribution in [-0.4, -0.2) is 25.7 Å². The van der Waals surface area contributed by atoms with E-state index in [2.05, 4.69) is 15.4 Å². The van der Waals surface area contributed by atoms with Crippen molar-refractivity contribution < 1.29 is 4.79 Å². The van der Waals surface area contributed by atoms with E-state index in [1.54, 1.807) is 24.1 Å². The molecule has 1 aromatic carbocycles. The fourth-order valence-corrected chi connectivity index (χ4v) is 3.20. The predicted octanol–water partition coefficient (Wildman–Crippen LogP) is 2.68. The van der Waals surface area contributed by atoms with Crippen molar-refractivity contribution in [2.24, 2.45) is 7.05 Å². The summed E-state index contributed by atoms with van der Waals surface area (Å²) < 4.78 is 1.62. The number of benzene rings is 1. The molecule has 0 saturated heterocycles. The number of rotatable bonds is 3. The lowest BCUT2D eigenvalue weighted by Crippen LogP contribution is -2.31. The summed E-state index contributed by atoms with van der Waals surface area (Å²) in [6, 6.07) is 9.90. The Hall–Kier alpha value is -3.02. The minimum absolute atomic E-state index is 0.0544. The standard InChI is InChI=1S/C19H19N5O/c1-24-12-14(10-21-24)19(25)23-17-9-5-8-16-15(17)11-20-18(22-16)13-6-3-2-4-7-13/h2-4,6-7,10-12,17H,5,8-9H2,1H3,(H,23,25)/t17-/m1/s1. The summed E-state index contributed by atoms with van der Waals surface area (Å²) in [7, 11) is 1.80. The zero-order chi connectivity index (χ0) is 17.2. The minimum Gasteiger partial charge on any atom is -0.345 e. The highest BCUT2D eigenvalue weighted by Crippen LogP contribution is 2.29. The molecule has 0 spiro atoms. The maximum absolute atomic E-state index is 12.4. The fourth-order valence-electron chi connectivity index (χ4n) is 3.20. The quantitative estimate of drug-likeness (QED) is 0.800. The Balaban J connectivity index is 1.59. The molecule has 4 rings (SSSR count). The van der Waals surface area contributed by atoms with Crippen molar-refractivity contribution in [3.05, 3.63) is 65.7 Å². The maximum Gasteiger partial charge on any atom is 0.254 e. The third-order valence-electron chi connectivity index (χ3n) is 4.49. The number of nitrogens with zero attached hydrogens (tertiary/aromatic N) is 4. The second-order valence-corrected chi connectivity index (χ2v) is 6.28. The lowest BCUT2D eigenvalue weighted by atomic mass is 9.92. The van der Waals surface area contributed by atoms with E-state index >= 15 is 0 Å². The van der Waals surface area contributed by atoms with E-state index in [9.17, 15) is 4.79 Å². The van der Waals surface area contributed by atoms with Crippen LogP contribution in [0.1, 0.15) is 40.5 Å². The third kappa shape index (κ3) is 3.15. The van der Waals surface area contributed by atoms with Crippen LogP contribution in [-0.2, 0) is 13.5 Å². The molecule has 1 aliphatic rings. The van der Waals surface area contributed by atoms with E-state index in [0.717, 1.165) is 41.9 Å². The smallest absolute Gasteiger partial charge is 0.254 e. The fraction of sp³-hybridized carbons (Fsp3) is 0.263. The molecule has 3 aromatic rings. The van der Waals surface area contributed by atoms with Gasteiger partial charge in [-0.25, -0.2) is 9.97 Å². The van der Waals surface area contributed by atoms with Crippen LogP contribution in [0.4, 0.5) is 0 Å². The van der Waals surface area contributed by atoms with Gasteiger partial charge in [0.15, 0.2) is 5.82 Å². The topological polar surface area (TPSA) is 72.7 Å². The van der Waals surface area contributed by atoms with E-state index in [-0.39, 0.29) is 11.9 Å². The predicted molar refractivity (Wildman–Crippen MR) is 93.8 cm³/mol. The Kier molecular flexibility index (Phi) is 4.01. The van der Waals surface area contributed by atoms with Crippen LogP contribution in [0.3, 0.4) is 0 Å². The number of hydrogen-bond acceptors (Lipinski definition) is 4. The number of carbonyl (C=O) groups is 1. The van der Waals surface area contributed by atoms with E-state index in [1.165, 1.54) is 0 Å². The van der Waals surface area contributed by atoms with Gasteiger partial charge in [0, 0.05) is 36.3 Å². The summed E-state index contributed by atoms with van der Waals surface area (Å²) in [6.45, 7) is 0. The Morgan fingerprint density at radius 1 is 1.24 bits per heavy atom. The number of hydrogen-bond donors (Lipinski definition) is 1. The van der Waals surface area contributed by atoms with Crippen molar-refractivity contribution >= 4 is 5.91 Å². The van der Waals surface area contributed by atoms with Crippen LogP contribution in [0, 0.1) is 0 Å². The molecule has 1 aliphatic carbocycles. The molecular weight excluding hydrogens is 314 g/mol. The highest BCUT2D eigenvalue weighted by Gasteiger charge is 2.24. The molecule has 0 saturated carbocycles. The number of aryl methyl sites for hydroxylation is 2. The molecule has 25 heavy (non-hydrogen) atoms. The van der Waals surface area contributed by atoms with Crippen LogP contribution in [0.2, 0.25) is 0 Å². The average Bonchev–Trinajstić information content (AvgIpc) is 3.09. The largest absolute Gasteiger partial charge is 0.345 e. The summed E-state index contributed by atoms with van der Waals surface area (Å²) in [6.07, 6.45) is 7.96. The lowest BCUT2D eigenvalue weighted by Gasteiger charge is -2.25. The van der Waals surface area contributed by atoms with Gasteiger partial charge in [0.2, 0.25) is 0 Å². The van der Waals surface area contributed by atoms with E-state index in [4.69, 9.17) is 4.98 Å². The van der Waals surface area contributed by atoms with Crippen molar-refractivity contribution in [2.45, 2.75) is 25.3 Å². The van der Waals surface area contributed by atoms with Crippen LogP contribution in [0.25, 0.3) is 11.4 Å². The summed E-state index contributed by atoms with van der Waals surface area (Å²) >= 11 is 0. The summed E-state index contributed by atoms with van der Waals surface area (Å²) in [5, 5.41) is 7.14. The van der Waals surface area contributed by atoms with Crippen LogP contribution < -0.4 is 5.32 Å². The normalized spacial score (nSPS) is 16.3. The molecule has 126 valence electrons. The zero-order valence-electron chi connectivity index (χ0n) is 14.0. The SMILES string of the molecule is Cn1cc(C(=O)N[C@@H]2CCCc3nc(-c4ccccc4)ncc32)cn1. The van der Waals surface area contributed by atoms with Gasteiger partial charge in [-0.3, -0.25) is 9.48 Å². The van der Waals surface area contributed by atoms with Gasteiger partial charge in [-0.1, -0.05) is 30.3 Å². The average molecular weight is 333 g/mol. The lowest BCUT2D eigenvalue weighted by molar-refractivity contribution is 0.0932. The van der Waals surface area contributed by atoms with Crippen molar-refractivity contribution in [1.29, 1.82) is 0 Å². The monoisotopic (exact) mass is 333 g/mol. The van der Waals surface area contributed by atoms with Crippen molar-refractivity contribution in [2.75, 3.05) is 0 Å². The Morgan fingerprint density at radius 2 is 2.08 bits per heavy atom. The molecule has 2 aromatic heterocycles. The molecule has 0 bridgehead atoms. The molecule has 2 heterocycles. The first kappa shape index (κ1) is 15.5. The van der Waals surface area contributed by atoms with E-state index in [1.807, 2.05) is 36.5 Å². The van der Waals surface area contributed by atoms with Crippen LogP contribution in [0.5, 0.6) is 0 Å². The second-order valence-electron chi connectivity index (χ2n) is 6.28. The highest BCUT2D eigenvalue weighted by molar-refractivity contribution is 5.94. The number of carbonyl (C=O) groups excluding carboxylic acids is 1. The first-order valence-corrected chi connectivity index (χ1v) is 8.41. The Bertz CT molecular complexity index is 903. The third-order valence-corrected chi connectivity index (χ3v) is 4.49. The van der Waals surface area contributed by atoms with Crippen LogP contribution >= 0.6 is 0 Å².